The lowest BCUT2D eigenvalue weighted by Crippen LogP contribution is -2.51. The molecule has 2 rings (SSSR count). The molecule has 1 aliphatic heterocycles. The SMILES string of the molecule is COCCCNC(=O)C(C)(C)C(=O)N1c2ccccc2CC1C. The number of nitrogens with zero attached hydrogens (tertiary/aromatic N) is 1. The van der Waals surface area contributed by atoms with E-state index in [0.717, 1.165) is 24.1 Å². The first-order valence-electron chi connectivity index (χ1n) is 8.08. The Balaban J connectivity index is 2.10. The van der Waals surface area contributed by atoms with Crippen LogP contribution in [0.15, 0.2) is 24.3 Å². The standard InChI is InChI=1S/C18H26N2O3/c1-13-12-14-8-5-6-9-15(14)20(13)17(22)18(2,3)16(21)19-10-7-11-23-4/h5-6,8-9,13H,7,10-12H2,1-4H3,(H,19,21). The van der Waals surface area contributed by atoms with Crippen LogP contribution in [0.2, 0.25) is 0 Å². The molecule has 126 valence electrons. The molecule has 1 heterocycles. The van der Waals surface area contributed by atoms with Gasteiger partial charge in [-0.15, -0.1) is 0 Å². The van der Waals surface area contributed by atoms with Gasteiger partial charge in [-0.2, -0.15) is 0 Å². The third kappa shape index (κ3) is 3.55. The lowest BCUT2D eigenvalue weighted by Gasteiger charge is -2.31. The number of para-hydroxylation sites is 1. The molecule has 0 spiro atoms. The van der Waals surface area contributed by atoms with Gasteiger partial charge < -0.3 is 15.0 Å². The summed E-state index contributed by atoms with van der Waals surface area (Å²) in [5.74, 6) is -0.394. The summed E-state index contributed by atoms with van der Waals surface area (Å²) >= 11 is 0. The minimum absolute atomic E-state index is 0.0699. The van der Waals surface area contributed by atoms with Crippen molar-refractivity contribution in [1.29, 1.82) is 0 Å². The quantitative estimate of drug-likeness (QED) is 0.646. The van der Waals surface area contributed by atoms with Crippen LogP contribution >= 0.6 is 0 Å². The van der Waals surface area contributed by atoms with E-state index in [-0.39, 0.29) is 17.9 Å². The predicted molar refractivity (Wildman–Crippen MR) is 90.4 cm³/mol. The van der Waals surface area contributed by atoms with Crippen LogP contribution in [0.25, 0.3) is 0 Å². The number of amides is 2. The van der Waals surface area contributed by atoms with Gasteiger partial charge in [-0.1, -0.05) is 18.2 Å². The third-order valence-corrected chi connectivity index (χ3v) is 4.34. The number of benzene rings is 1. The topological polar surface area (TPSA) is 58.6 Å². The molecule has 0 aromatic heterocycles. The van der Waals surface area contributed by atoms with Gasteiger partial charge in [-0.05, 0) is 45.2 Å². The fourth-order valence-corrected chi connectivity index (χ4v) is 2.91. The molecule has 0 fully saturated rings. The highest BCUT2D eigenvalue weighted by Gasteiger charge is 2.43. The molecule has 5 heteroatoms. The molecule has 0 saturated carbocycles. The van der Waals surface area contributed by atoms with Crippen molar-refractivity contribution in [3.05, 3.63) is 29.8 Å². The minimum atomic E-state index is -1.10. The molecule has 0 radical (unpaired) electrons. The van der Waals surface area contributed by atoms with Gasteiger partial charge in [0.2, 0.25) is 11.8 Å². The number of methoxy groups -OCH3 is 1. The molecule has 5 nitrogen and oxygen atoms in total. The Morgan fingerprint density at radius 2 is 2.04 bits per heavy atom. The van der Waals surface area contributed by atoms with Gasteiger partial charge in [0.15, 0.2) is 0 Å². The predicted octanol–water partition coefficient (Wildman–Crippen LogP) is 2.14. The van der Waals surface area contributed by atoms with E-state index in [1.165, 1.54) is 0 Å². The van der Waals surface area contributed by atoms with E-state index in [1.807, 2.05) is 31.2 Å². The highest BCUT2D eigenvalue weighted by molar-refractivity contribution is 6.12. The molecule has 2 amide bonds. The first-order valence-corrected chi connectivity index (χ1v) is 8.08. The van der Waals surface area contributed by atoms with Crippen molar-refractivity contribution < 1.29 is 14.3 Å². The van der Waals surface area contributed by atoms with Gasteiger partial charge in [0.25, 0.3) is 0 Å². The molecule has 1 aromatic carbocycles. The maximum Gasteiger partial charge on any atom is 0.242 e. The second kappa shape index (κ2) is 7.13. The van der Waals surface area contributed by atoms with Crippen molar-refractivity contribution in [3.8, 4) is 0 Å². The van der Waals surface area contributed by atoms with Crippen molar-refractivity contribution in [2.24, 2.45) is 5.41 Å². The summed E-state index contributed by atoms with van der Waals surface area (Å²) in [5, 5.41) is 2.83. The van der Waals surface area contributed by atoms with Crippen LogP contribution in [-0.2, 0) is 20.7 Å². The maximum atomic E-state index is 13.0. The van der Waals surface area contributed by atoms with Crippen LogP contribution in [-0.4, -0.2) is 38.1 Å². The Kier molecular flexibility index (Phi) is 5.42. The highest BCUT2D eigenvalue weighted by Crippen LogP contribution is 2.35. The minimum Gasteiger partial charge on any atom is -0.385 e. The number of carbonyl (C=O) groups excluding carboxylic acids is 2. The van der Waals surface area contributed by atoms with Crippen molar-refractivity contribution in [2.75, 3.05) is 25.2 Å². The van der Waals surface area contributed by atoms with Crippen LogP contribution in [0.4, 0.5) is 5.69 Å². The molecule has 1 aromatic rings. The van der Waals surface area contributed by atoms with E-state index in [2.05, 4.69) is 5.32 Å². The Bertz CT molecular complexity index is 583. The summed E-state index contributed by atoms with van der Waals surface area (Å²) in [6.07, 6.45) is 1.56. The summed E-state index contributed by atoms with van der Waals surface area (Å²) in [4.78, 5) is 27.2. The van der Waals surface area contributed by atoms with Crippen LogP contribution in [0.5, 0.6) is 0 Å². The van der Waals surface area contributed by atoms with Gasteiger partial charge in [0.1, 0.15) is 5.41 Å². The third-order valence-electron chi connectivity index (χ3n) is 4.34. The molecule has 1 N–H and O–H groups in total. The van der Waals surface area contributed by atoms with Crippen molar-refractivity contribution in [1.82, 2.24) is 5.32 Å². The summed E-state index contributed by atoms with van der Waals surface area (Å²) in [5.41, 5.74) is 0.980. The van der Waals surface area contributed by atoms with Crippen LogP contribution in [0.1, 0.15) is 32.8 Å². The van der Waals surface area contributed by atoms with E-state index < -0.39 is 5.41 Å². The van der Waals surface area contributed by atoms with Crippen molar-refractivity contribution in [3.63, 3.8) is 0 Å². The largest absolute Gasteiger partial charge is 0.385 e. The van der Waals surface area contributed by atoms with Gasteiger partial charge in [0.05, 0.1) is 0 Å². The first kappa shape index (κ1) is 17.5. The summed E-state index contributed by atoms with van der Waals surface area (Å²) in [6, 6.07) is 7.96. The zero-order valence-corrected chi connectivity index (χ0v) is 14.4. The Morgan fingerprint density at radius 3 is 2.74 bits per heavy atom. The lowest BCUT2D eigenvalue weighted by atomic mass is 9.89. The van der Waals surface area contributed by atoms with Crippen LogP contribution < -0.4 is 10.2 Å². The highest BCUT2D eigenvalue weighted by atomic mass is 16.5. The number of carbonyl (C=O) groups is 2. The van der Waals surface area contributed by atoms with E-state index in [9.17, 15) is 9.59 Å². The van der Waals surface area contributed by atoms with Crippen molar-refractivity contribution >= 4 is 17.5 Å². The van der Waals surface area contributed by atoms with Gasteiger partial charge >= 0.3 is 0 Å². The molecule has 1 aliphatic rings. The number of hydrogen-bond donors (Lipinski definition) is 1. The zero-order chi connectivity index (χ0) is 17.0. The summed E-state index contributed by atoms with van der Waals surface area (Å²) in [7, 11) is 1.63. The average molecular weight is 318 g/mol. The van der Waals surface area contributed by atoms with Gasteiger partial charge in [0, 0.05) is 32.0 Å². The number of nitrogens with one attached hydrogen (secondary N) is 1. The second-order valence-corrected chi connectivity index (χ2v) is 6.58. The molecule has 0 saturated heterocycles. The van der Waals surface area contributed by atoms with Crippen molar-refractivity contribution in [2.45, 2.75) is 39.7 Å². The second-order valence-electron chi connectivity index (χ2n) is 6.58. The van der Waals surface area contributed by atoms with E-state index in [0.29, 0.717) is 13.2 Å². The number of ether oxygens (including phenoxy) is 1. The lowest BCUT2D eigenvalue weighted by molar-refractivity contribution is -0.140. The summed E-state index contributed by atoms with van der Waals surface area (Å²) < 4.78 is 4.96. The molecular formula is C18H26N2O3. The van der Waals surface area contributed by atoms with Gasteiger partial charge in [-0.25, -0.2) is 0 Å². The van der Waals surface area contributed by atoms with Crippen LogP contribution in [0, 0.1) is 5.41 Å². The molecule has 1 unspecified atom stereocenters. The first-order chi connectivity index (χ1) is 10.9. The van der Waals surface area contributed by atoms with Crippen LogP contribution in [0.3, 0.4) is 0 Å². The average Bonchev–Trinajstić information content (AvgIpc) is 2.86. The van der Waals surface area contributed by atoms with Gasteiger partial charge in [-0.3, -0.25) is 9.59 Å². The van der Waals surface area contributed by atoms with E-state index >= 15 is 0 Å². The number of fused-ring (bicyclic) bond motifs is 1. The number of hydrogen-bond acceptors (Lipinski definition) is 3. The fraction of sp³-hybridized carbons (Fsp3) is 0.556. The zero-order valence-electron chi connectivity index (χ0n) is 14.4. The normalized spacial score (nSPS) is 17.0. The molecule has 0 aliphatic carbocycles. The Labute approximate surface area is 138 Å². The number of anilines is 1. The smallest absolute Gasteiger partial charge is 0.242 e. The molecule has 0 bridgehead atoms. The van der Waals surface area contributed by atoms with E-state index in [1.54, 1.807) is 25.9 Å². The monoisotopic (exact) mass is 318 g/mol. The molecular weight excluding hydrogens is 292 g/mol. The number of rotatable bonds is 6. The maximum absolute atomic E-state index is 13.0. The molecule has 1 atom stereocenters. The van der Waals surface area contributed by atoms with E-state index in [4.69, 9.17) is 4.74 Å². The fourth-order valence-electron chi connectivity index (χ4n) is 2.91. The summed E-state index contributed by atoms with van der Waals surface area (Å²) in [6.45, 7) is 6.49. The molecule has 23 heavy (non-hydrogen) atoms. The Morgan fingerprint density at radius 1 is 1.35 bits per heavy atom. The Hall–Kier alpha value is -1.88.